The smallest absolute Gasteiger partial charge is 0.0745 e. The van der Waals surface area contributed by atoms with Crippen LogP contribution in [0.4, 0.5) is 5.69 Å². The van der Waals surface area contributed by atoms with E-state index in [-0.39, 0.29) is 34.0 Å². The summed E-state index contributed by atoms with van der Waals surface area (Å²) in [4.78, 5) is 6.90. The highest BCUT2D eigenvalue weighted by Crippen LogP contribution is 2.33. The molecule has 1 N–H and O–H groups in total. The van der Waals surface area contributed by atoms with Gasteiger partial charge in [-0.2, -0.15) is 0 Å². The second kappa shape index (κ2) is 10.5. The van der Waals surface area contributed by atoms with Gasteiger partial charge in [-0.1, -0.05) is 41.4 Å². The van der Waals surface area contributed by atoms with Crippen LogP contribution in [0.15, 0.2) is 48.5 Å². The summed E-state index contributed by atoms with van der Waals surface area (Å²) in [6.45, 7) is 1.80. The summed E-state index contributed by atoms with van der Waals surface area (Å²) >= 11 is 12.5. The number of benzene rings is 2. The molecule has 3 nitrogen and oxygen atoms in total. The average Bonchev–Trinajstić information content (AvgIpc) is 2.56. The molecule has 0 spiro atoms. The quantitative estimate of drug-likeness (QED) is 0.425. The first-order valence-corrected chi connectivity index (χ1v) is 8.54. The van der Waals surface area contributed by atoms with Crippen molar-refractivity contribution >= 4 is 73.8 Å². The van der Waals surface area contributed by atoms with Crippen molar-refractivity contribution in [1.82, 2.24) is 9.88 Å². The molecule has 3 aromatic rings. The molecule has 0 unspecified atom stereocenters. The van der Waals surface area contributed by atoms with E-state index in [1.165, 1.54) is 0 Å². The molecular formula is C19H21Br2Cl2N3. The molecule has 0 radical (unpaired) electrons. The normalized spacial score (nSPS) is 10.3. The summed E-state index contributed by atoms with van der Waals surface area (Å²) in [7, 11) is 4.12. The van der Waals surface area contributed by atoms with E-state index in [0.29, 0.717) is 10.0 Å². The highest BCUT2D eigenvalue weighted by molar-refractivity contribution is 8.93. The zero-order valence-corrected chi connectivity index (χ0v) is 19.4. The Morgan fingerprint density at radius 1 is 1.00 bits per heavy atom. The summed E-state index contributed by atoms with van der Waals surface area (Å²) in [6.07, 6.45) is 0. The Bertz CT molecular complexity index is 873. The average molecular weight is 522 g/mol. The van der Waals surface area contributed by atoms with Crippen LogP contribution in [-0.2, 0) is 0 Å². The SMILES string of the molecule is Br.Br.CN(C)CCNc1cc(-c2cc(Cl)ccc2Cl)nc2ccccc12. The van der Waals surface area contributed by atoms with Crippen LogP contribution < -0.4 is 5.32 Å². The van der Waals surface area contributed by atoms with Gasteiger partial charge in [-0.3, -0.25) is 0 Å². The van der Waals surface area contributed by atoms with Crippen LogP contribution >= 0.6 is 57.2 Å². The van der Waals surface area contributed by atoms with E-state index < -0.39 is 0 Å². The minimum atomic E-state index is 0. The molecule has 0 saturated carbocycles. The first-order chi connectivity index (χ1) is 11.5. The Labute approximate surface area is 185 Å². The second-order valence-electron chi connectivity index (χ2n) is 5.93. The monoisotopic (exact) mass is 519 g/mol. The molecule has 26 heavy (non-hydrogen) atoms. The predicted molar refractivity (Wildman–Crippen MR) is 125 cm³/mol. The lowest BCUT2D eigenvalue weighted by atomic mass is 10.1. The van der Waals surface area contributed by atoms with E-state index >= 15 is 0 Å². The molecule has 0 bridgehead atoms. The highest BCUT2D eigenvalue weighted by Gasteiger charge is 2.10. The number of halogens is 4. The van der Waals surface area contributed by atoms with Crippen molar-refractivity contribution in [3.05, 3.63) is 58.6 Å². The molecular weight excluding hydrogens is 501 g/mol. The van der Waals surface area contributed by atoms with Gasteiger partial charge in [0.15, 0.2) is 0 Å². The molecule has 0 aliphatic heterocycles. The van der Waals surface area contributed by atoms with Gasteiger partial charge >= 0.3 is 0 Å². The number of para-hydroxylation sites is 1. The van der Waals surface area contributed by atoms with Crippen molar-refractivity contribution in [1.29, 1.82) is 0 Å². The molecule has 0 amide bonds. The van der Waals surface area contributed by atoms with E-state index in [9.17, 15) is 0 Å². The molecule has 1 heterocycles. The Kier molecular flexibility index (Phi) is 9.34. The number of nitrogens with one attached hydrogen (secondary N) is 1. The third kappa shape index (κ3) is 5.57. The zero-order chi connectivity index (χ0) is 17.1. The summed E-state index contributed by atoms with van der Waals surface area (Å²) in [6, 6.07) is 15.6. The molecule has 0 fully saturated rings. The van der Waals surface area contributed by atoms with Crippen LogP contribution in [0.5, 0.6) is 0 Å². The summed E-state index contributed by atoms with van der Waals surface area (Å²) in [5, 5.41) is 5.89. The Morgan fingerprint density at radius 2 is 1.73 bits per heavy atom. The molecule has 3 rings (SSSR count). The van der Waals surface area contributed by atoms with Crippen molar-refractivity contribution in [3.8, 4) is 11.3 Å². The maximum atomic E-state index is 6.35. The number of hydrogen-bond acceptors (Lipinski definition) is 3. The summed E-state index contributed by atoms with van der Waals surface area (Å²) in [5.41, 5.74) is 3.63. The van der Waals surface area contributed by atoms with Gasteiger partial charge in [0.05, 0.1) is 16.2 Å². The van der Waals surface area contributed by atoms with Gasteiger partial charge in [0.2, 0.25) is 0 Å². The number of pyridine rings is 1. The maximum absolute atomic E-state index is 6.35. The number of hydrogen-bond donors (Lipinski definition) is 1. The lowest BCUT2D eigenvalue weighted by Crippen LogP contribution is -2.20. The van der Waals surface area contributed by atoms with Crippen molar-refractivity contribution in [3.63, 3.8) is 0 Å². The van der Waals surface area contributed by atoms with Crippen LogP contribution in [0.2, 0.25) is 10.0 Å². The molecule has 7 heteroatoms. The number of nitrogens with zero attached hydrogens (tertiary/aromatic N) is 2. The summed E-state index contributed by atoms with van der Waals surface area (Å²) < 4.78 is 0. The van der Waals surface area contributed by atoms with Gasteiger partial charge < -0.3 is 10.2 Å². The van der Waals surface area contributed by atoms with Gasteiger partial charge in [0.25, 0.3) is 0 Å². The fourth-order valence-corrected chi connectivity index (χ4v) is 2.95. The van der Waals surface area contributed by atoms with Crippen molar-refractivity contribution in [2.75, 3.05) is 32.5 Å². The van der Waals surface area contributed by atoms with Crippen molar-refractivity contribution in [2.24, 2.45) is 0 Å². The van der Waals surface area contributed by atoms with Crippen LogP contribution in [-0.4, -0.2) is 37.1 Å². The molecule has 0 aliphatic rings. The number of rotatable bonds is 5. The third-order valence-corrected chi connectivity index (χ3v) is 4.36. The topological polar surface area (TPSA) is 28.2 Å². The first kappa shape index (κ1) is 23.2. The number of likely N-dealkylation sites (N-methyl/N-ethyl adjacent to an activating group) is 1. The Morgan fingerprint density at radius 3 is 2.46 bits per heavy atom. The van der Waals surface area contributed by atoms with Gasteiger partial charge in [-0.25, -0.2) is 4.98 Å². The number of fused-ring (bicyclic) bond motifs is 1. The zero-order valence-electron chi connectivity index (χ0n) is 14.5. The van der Waals surface area contributed by atoms with Crippen LogP contribution in [0.1, 0.15) is 0 Å². The van der Waals surface area contributed by atoms with E-state index in [1.807, 2.05) is 30.3 Å². The lowest BCUT2D eigenvalue weighted by Gasteiger charge is -2.15. The van der Waals surface area contributed by atoms with Crippen LogP contribution in [0.25, 0.3) is 22.2 Å². The third-order valence-electron chi connectivity index (χ3n) is 3.80. The molecule has 140 valence electrons. The maximum Gasteiger partial charge on any atom is 0.0745 e. The minimum Gasteiger partial charge on any atom is -0.383 e. The highest BCUT2D eigenvalue weighted by atomic mass is 79.9. The van der Waals surface area contributed by atoms with E-state index in [4.69, 9.17) is 28.2 Å². The largest absolute Gasteiger partial charge is 0.383 e. The standard InChI is InChI=1S/C19H19Cl2N3.2BrH/c1-24(2)10-9-22-18-12-19(15-11-13(20)7-8-16(15)21)23-17-6-4-3-5-14(17)18;;/h3-8,11-12H,9-10H2,1-2H3,(H,22,23);2*1H. The minimum absolute atomic E-state index is 0. The number of aromatic nitrogens is 1. The Hall–Kier alpha value is -0.850. The molecule has 0 atom stereocenters. The van der Waals surface area contributed by atoms with Crippen molar-refractivity contribution < 1.29 is 0 Å². The lowest BCUT2D eigenvalue weighted by molar-refractivity contribution is 0.425. The van der Waals surface area contributed by atoms with Gasteiger partial charge in [-0.05, 0) is 44.4 Å². The molecule has 0 saturated heterocycles. The molecule has 0 aliphatic carbocycles. The van der Waals surface area contributed by atoms with Gasteiger partial charge in [0, 0.05) is 34.7 Å². The Balaban J connectivity index is 0.00000169. The van der Waals surface area contributed by atoms with Crippen LogP contribution in [0, 0.1) is 0 Å². The van der Waals surface area contributed by atoms with E-state index in [2.05, 4.69) is 30.4 Å². The first-order valence-electron chi connectivity index (χ1n) is 7.78. The van der Waals surface area contributed by atoms with E-state index in [0.717, 1.165) is 40.9 Å². The van der Waals surface area contributed by atoms with Gasteiger partial charge in [0.1, 0.15) is 0 Å². The fourth-order valence-electron chi connectivity index (χ4n) is 2.57. The second-order valence-corrected chi connectivity index (χ2v) is 6.77. The molecule has 1 aromatic heterocycles. The van der Waals surface area contributed by atoms with Crippen LogP contribution in [0.3, 0.4) is 0 Å². The fraction of sp³-hybridized carbons (Fsp3) is 0.211. The summed E-state index contributed by atoms with van der Waals surface area (Å²) in [5.74, 6) is 0. The van der Waals surface area contributed by atoms with Crippen molar-refractivity contribution in [2.45, 2.75) is 0 Å². The van der Waals surface area contributed by atoms with E-state index in [1.54, 1.807) is 12.1 Å². The number of anilines is 1. The molecule has 2 aromatic carbocycles. The van der Waals surface area contributed by atoms with Gasteiger partial charge in [-0.15, -0.1) is 34.0 Å². The predicted octanol–water partition coefficient (Wildman–Crippen LogP) is 6.34.